The van der Waals surface area contributed by atoms with Gasteiger partial charge in [0.25, 0.3) is 0 Å². The molecule has 0 aliphatic carbocycles. The minimum atomic E-state index is -0.187. The third-order valence-electron chi connectivity index (χ3n) is 2.43. The first-order chi connectivity index (χ1) is 9.01. The SMILES string of the molecule is CNC(=O)Cc1ccc(NC(=O)COC(C)C)cc1. The molecule has 0 saturated carbocycles. The zero-order valence-corrected chi connectivity index (χ0v) is 11.5. The van der Waals surface area contributed by atoms with Crippen LogP contribution in [0.25, 0.3) is 0 Å². The first-order valence-electron chi connectivity index (χ1n) is 6.22. The number of likely N-dealkylation sites (N-methyl/N-ethyl adjacent to an activating group) is 1. The van der Waals surface area contributed by atoms with Gasteiger partial charge < -0.3 is 15.4 Å². The summed E-state index contributed by atoms with van der Waals surface area (Å²) < 4.78 is 5.20. The maximum absolute atomic E-state index is 11.5. The van der Waals surface area contributed by atoms with Crippen LogP contribution in [0.1, 0.15) is 19.4 Å². The van der Waals surface area contributed by atoms with Crippen molar-refractivity contribution < 1.29 is 14.3 Å². The Balaban J connectivity index is 2.47. The fourth-order valence-corrected chi connectivity index (χ4v) is 1.42. The van der Waals surface area contributed by atoms with Crippen LogP contribution in [0.3, 0.4) is 0 Å². The van der Waals surface area contributed by atoms with Crippen molar-refractivity contribution >= 4 is 17.5 Å². The summed E-state index contributed by atoms with van der Waals surface area (Å²) in [6, 6.07) is 7.17. The predicted molar refractivity (Wildman–Crippen MR) is 73.9 cm³/mol. The molecule has 1 aromatic rings. The summed E-state index contributed by atoms with van der Waals surface area (Å²) in [5.74, 6) is -0.227. The molecule has 0 bridgehead atoms. The first-order valence-corrected chi connectivity index (χ1v) is 6.22. The molecule has 1 rings (SSSR count). The number of hydrogen-bond acceptors (Lipinski definition) is 3. The molecular formula is C14H20N2O3. The Morgan fingerprint density at radius 1 is 1.16 bits per heavy atom. The standard InChI is InChI=1S/C14H20N2O3/c1-10(2)19-9-14(18)16-12-6-4-11(5-7-12)8-13(17)15-3/h4-7,10H,8-9H2,1-3H3,(H,15,17)(H,16,18). The second kappa shape index (κ2) is 7.53. The molecule has 5 heteroatoms. The zero-order chi connectivity index (χ0) is 14.3. The molecule has 0 atom stereocenters. The van der Waals surface area contributed by atoms with Gasteiger partial charge in [0.15, 0.2) is 0 Å². The lowest BCUT2D eigenvalue weighted by Crippen LogP contribution is -2.21. The monoisotopic (exact) mass is 264 g/mol. The molecular weight excluding hydrogens is 244 g/mol. The van der Waals surface area contributed by atoms with Crippen LogP contribution in [0.5, 0.6) is 0 Å². The highest BCUT2D eigenvalue weighted by Gasteiger charge is 2.05. The zero-order valence-electron chi connectivity index (χ0n) is 11.5. The highest BCUT2D eigenvalue weighted by Crippen LogP contribution is 2.10. The van der Waals surface area contributed by atoms with Crippen LogP contribution >= 0.6 is 0 Å². The van der Waals surface area contributed by atoms with E-state index in [2.05, 4.69) is 10.6 Å². The van der Waals surface area contributed by atoms with E-state index in [0.29, 0.717) is 12.1 Å². The van der Waals surface area contributed by atoms with Gasteiger partial charge in [0.2, 0.25) is 11.8 Å². The van der Waals surface area contributed by atoms with E-state index in [0.717, 1.165) is 5.56 Å². The highest BCUT2D eigenvalue weighted by atomic mass is 16.5. The van der Waals surface area contributed by atoms with Crippen molar-refractivity contribution in [3.8, 4) is 0 Å². The van der Waals surface area contributed by atoms with Crippen LogP contribution in [0, 0.1) is 0 Å². The molecule has 0 unspecified atom stereocenters. The topological polar surface area (TPSA) is 67.4 Å². The molecule has 0 saturated heterocycles. The number of carbonyl (C=O) groups excluding carboxylic acids is 2. The largest absolute Gasteiger partial charge is 0.369 e. The number of benzene rings is 1. The van der Waals surface area contributed by atoms with Crippen molar-refractivity contribution in [1.82, 2.24) is 5.32 Å². The van der Waals surface area contributed by atoms with Gasteiger partial charge in [-0.15, -0.1) is 0 Å². The second-order valence-corrected chi connectivity index (χ2v) is 4.45. The maximum Gasteiger partial charge on any atom is 0.250 e. The number of carbonyl (C=O) groups is 2. The first kappa shape index (κ1) is 15.2. The van der Waals surface area contributed by atoms with E-state index in [1.165, 1.54) is 0 Å². The summed E-state index contributed by atoms with van der Waals surface area (Å²) in [6.45, 7) is 3.79. The van der Waals surface area contributed by atoms with Gasteiger partial charge in [0, 0.05) is 12.7 Å². The number of anilines is 1. The molecule has 5 nitrogen and oxygen atoms in total. The Labute approximate surface area is 113 Å². The van der Waals surface area contributed by atoms with Gasteiger partial charge in [0.1, 0.15) is 6.61 Å². The number of rotatable bonds is 6. The van der Waals surface area contributed by atoms with E-state index in [-0.39, 0.29) is 24.5 Å². The van der Waals surface area contributed by atoms with E-state index in [1.807, 2.05) is 26.0 Å². The van der Waals surface area contributed by atoms with E-state index in [4.69, 9.17) is 4.74 Å². The van der Waals surface area contributed by atoms with Crippen LogP contribution in [0.4, 0.5) is 5.69 Å². The van der Waals surface area contributed by atoms with Gasteiger partial charge in [-0.1, -0.05) is 12.1 Å². The third kappa shape index (κ3) is 6.01. The quantitative estimate of drug-likeness (QED) is 0.814. The molecule has 0 radical (unpaired) electrons. The number of amides is 2. The van der Waals surface area contributed by atoms with Gasteiger partial charge in [-0.25, -0.2) is 0 Å². The summed E-state index contributed by atoms with van der Waals surface area (Å²) in [6.07, 6.45) is 0.363. The molecule has 0 heterocycles. The minimum absolute atomic E-state index is 0.0284. The normalized spacial score (nSPS) is 10.3. The molecule has 0 aliphatic rings. The third-order valence-corrected chi connectivity index (χ3v) is 2.43. The maximum atomic E-state index is 11.5. The number of ether oxygens (including phenoxy) is 1. The molecule has 1 aromatic carbocycles. The van der Waals surface area contributed by atoms with Crippen molar-refractivity contribution in [2.45, 2.75) is 26.4 Å². The van der Waals surface area contributed by atoms with Crippen LogP contribution in [-0.2, 0) is 20.7 Å². The minimum Gasteiger partial charge on any atom is -0.369 e. The van der Waals surface area contributed by atoms with E-state index in [9.17, 15) is 9.59 Å². The van der Waals surface area contributed by atoms with Crippen molar-refractivity contribution in [3.63, 3.8) is 0 Å². The predicted octanol–water partition coefficient (Wildman–Crippen LogP) is 1.34. The summed E-state index contributed by atoms with van der Waals surface area (Å²) >= 11 is 0. The summed E-state index contributed by atoms with van der Waals surface area (Å²) in [5.41, 5.74) is 1.59. The Morgan fingerprint density at radius 3 is 2.32 bits per heavy atom. The van der Waals surface area contributed by atoms with Crippen molar-refractivity contribution in [2.24, 2.45) is 0 Å². The molecule has 0 fully saturated rings. The van der Waals surface area contributed by atoms with Crippen LogP contribution in [0.15, 0.2) is 24.3 Å². The summed E-state index contributed by atoms with van der Waals surface area (Å²) in [5, 5.41) is 5.29. The van der Waals surface area contributed by atoms with Crippen LogP contribution in [0.2, 0.25) is 0 Å². The second-order valence-electron chi connectivity index (χ2n) is 4.45. The van der Waals surface area contributed by atoms with Crippen molar-refractivity contribution in [1.29, 1.82) is 0 Å². The smallest absolute Gasteiger partial charge is 0.250 e. The Kier molecular flexibility index (Phi) is 6.02. The van der Waals surface area contributed by atoms with Gasteiger partial charge >= 0.3 is 0 Å². The highest BCUT2D eigenvalue weighted by molar-refractivity contribution is 5.91. The molecule has 19 heavy (non-hydrogen) atoms. The summed E-state index contributed by atoms with van der Waals surface area (Å²) in [4.78, 5) is 22.7. The molecule has 0 aliphatic heterocycles. The molecule has 2 amide bonds. The van der Waals surface area contributed by atoms with Crippen molar-refractivity contribution in [3.05, 3.63) is 29.8 Å². The summed E-state index contributed by atoms with van der Waals surface area (Å²) in [7, 11) is 1.60. The van der Waals surface area contributed by atoms with Gasteiger partial charge in [-0.3, -0.25) is 9.59 Å². The molecule has 0 spiro atoms. The van der Waals surface area contributed by atoms with E-state index < -0.39 is 0 Å². The van der Waals surface area contributed by atoms with Crippen molar-refractivity contribution in [2.75, 3.05) is 19.0 Å². The lowest BCUT2D eigenvalue weighted by atomic mass is 10.1. The average molecular weight is 264 g/mol. The Bertz CT molecular complexity index is 427. The van der Waals surface area contributed by atoms with Crippen LogP contribution in [-0.4, -0.2) is 31.6 Å². The Morgan fingerprint density at radius 2 is 1.79 bits per heavy atom. The van der Waals surface area contributed by atoms with Gasteiger partial charge in [0.05, 0.1) is 12.5 Å². The fourth-order valence-electron chi connectivity index (χ4n) is 1.42. The van der Waals surface area contributed by atoms with E-state index >= 15 is 0 Å². The molecule has 2 N–H and O–H groups in total. The number of nitrogens with one attached hydrogen (secondary N) is 2. The number of hydrogen-bond donors (Lipinski definition) is 2. The average Bonchev–Trinajstić information content (AvgIpc) is 2.38. The molecule has 104 valence electrons. The Hall–Kier alpha value is -1.88. The van der Waals surface area contributed by atoms with Gasteiger partial charge in [-0.2, -0.15) is 0 Å². The lowest BCUT2D eigenvalue weighted by Gasteiger charge is -2.09. The van der Waals surface area contributed by atoms with Crippen LogP contribution < -0.4 is 10.6 Å². The lowest BCUT2D eigenvalue weighted by molar-refractivity contribution is -0.122. The fraction of sp³-hybridized carbons (Fsp3) is 0.429. The van der Waals surface area contributed by atoms with E-state index in [1.54, 1.807) is 19.2 Å². The molecule has 0 aromatic heterocycles. The van der Waals surface area contributed by atoms with Gasteiger partial charge in [-0.05, 0) is 31.5 Å².